The lowest BCUT2D eigenvalue weighted by Gasteiger charge is -2.07. The number of nitrogens with one attached hydrogen (secondary N) is 1. The highest BCUT2D eigenvalue weighted by Crippen LogP contribution is 2.31. The Hall–Kier alpha value is -0.610. The number of hydrogen-bond donors (Lipinski definition) is 1. The van der Waals surface area contributed by atoms with Crippen LogP contribution in [0, 0.1) is 0 Å². The summed E-state index contributed by atoms with van der Waals surface area (Å²) < 4.78 is 0. The van der Waals surface area contributed by atoms with Crippen LogP contribution in [-0.2, 0) is 18.8 Å². The predicted molar refractivity (Wildman–Crippen MR) is 66.1 cm³/mol. The van der Waals surface area contributed by atoms with Gasteiger partial charge in [0.2, 0.25) is 0 Å². The Morgan fingerprint density at radius 1 is 1.31 bits per heavy atom. The average Bonchev–Trinajstić information content (AvgIpc) is 2.97. The fourth-order valence-electron chi connectivity index (χ4n) is 2.42. The molecule has 0 saturated heterocycles. The molecule has 2 aliphatic rings. The standard InChI is InChI=1S/C12H17N3S/c1-2-4-10(3-1)16-8-12-14-6-9-5-13-7-11(9)15-12/h6,10,13H,1-5,7-8H2. The lowest BCUT2D eigenvalue weighted by atomic mass is 10.3. The molecule has 3 rings (SSSR count). The predicted octanol–water partition coefficient (Wildman–Crippen LogP) is 2.26. The van der Waals surface area contributed by atoms with Gasteiger partial charge in [0.05, 0.1) is 11.4 Å². The molecule has 1 aliphatic carbocycles. The first-order valence-corrected chi connectivity index (χ1v) is 7.13. The summed E-state index contributed by atoms with van der Waals surface area (Å²) in [5, 5.41) is 4.16. The quantitative estimate of drug-likeness (QED) is 0.872. The van der Waals surface area contributed by atoms with E-state index in [-0.39, 0.29) is 0 Å². The lowest BCUT2D eigenvalue weighted by Crippen LogP contribution is -2.02. The Morgan fingerprint density at radius 3 is 3.06 bits per heavy atom. The summed E-state index contributed by atoms with van der Waals surface area (Å²) in [6, 6.07) is 0. The van der Waals surface area contributed by atoms with Crippen LogP contribution in [0.5, 0.6) is 0 Å². The molecule has 4 heteroatoms. The van der Waals surface area contributed by atoms with Crippen molar-refractivity contribution in [1.82, 2.24) is 15.3 Å². The third-order valence-electron chi connectivity index (χ3n) is 3.36. The molecule has 86 valence electrons. The molecule has 3 nitrogen and oxygen atoms in total. The van der Waals surface area contributed by atoms with Gasteiger partial charge < -0.3 is 5.32 Å². The van der Waals surface area contributed by atoms with Crippen molar-refractivity contribution in [2.75, 3.05) is 0 Å². The zero-order chi connectivity index (χ0) is 10.8. The highest BCUT2D eigenvalue weighted by Gasteiger charge is 2.17. The normalized spacial score (nSPS) is 20.2. The number of thioether (sulfide) groups is 1. The Bertz CT molecular complexity index is 375. The van der Waals surface area contributed by atoms with Crippen LogP contribution in [0.2, 0.25) is 0 Å². The van der Waals surface area contributed by atoms with Crippen molar-refractivity contribution in [3.05, 3.63) is 23.3 Å². The molecular weight excluding hydrogens is 218 g/mol. The minimum atomic E-state index is 0.856. The van der Waals surface area contributed by atoms with Crippen molar-refractivity contribution in [1.29, 1.82) is 0 Å². The van der Waals surface area contributed by atoms with Gasteiger partial charge in [-0.3, -0.25) is 0 Å². The number of nitrogens with zero attached hydrogens (tertiary/aromatic N) is 2. The van der Waals surface area contributed by atoms with Gasteiger partial charge in [-0.2, -0.15) is 11.8 Å². The van der Waals surface area contributed by atoms with Crippen molar-refractivity contribution >= 4 is 11.8 Å². The van der Waals surface area contributed by atoms with Gasteiger partial charge >= 0.3 is 0 Å². The number of aromatic nitrogens is 2. The molecule has 0 spiro atoms. The van der Waals surface area contributed by atoms with E-state index in [2.05, 4.69) is 15.3 Å². The first kappa shape index (κ1) is 10.5. The zero-order valence-corrected chi connectivity index (χ0v) is 10.2. The van der Waals surface area contributed by atoms with E-state index in [1.807, 2.05) is 18.0 Å². The van der Waals surface area contributed by atoms with E-state index in [1.165, 1.54) is 36.9 Å². The van der Waals surface area contributed by atoms with Gasteiger partial charge in [0.1, 0.15) is 5.82 Å². The van der Waals surface area contributed by atoms with E-state index in [4.69, 9.17) is 0 Å². The van der Waals surface area contributed by atoms with E-state index in [0.29, 0.717) is 0 Å². The zero-order valence-electron chi connectivity index (χ0n) is 9.41. The summed E-state index contributed by atoms with van der Waals surface area (Å²) >= 11 is 2.04. The Kier molecular flexibility index (Phi) is 3.11. The van der Waals surface area contributed by atoms with Crippen LogP contribution in [0.15, 0.2) is 6.20 Å². The monoisotopic (exact) mass is 235 g/mol. The van der Waals surface area contributed by atoms with E-state index in [1.54, 1.807) is 0 Å². The molecular formula is C12H17N3S. The van der Waals surface area contributed by atoms with Crippen LogP contribution in [0.4, 0.5) is 0 Å². The van der Waals surface area contributed by atoms with Crippen molar-refractivity contribution in [3.8, 4) is 0 Å². The lowest BCUT2D eigenvalue weighted by molar-refractivity contribution is 0.756. The Labute approximate surface area is 100 Å². The third-order valence-corrected chi connectivity index (χ3v) is 4.73. The molecule has 0 bridgehead atoms. The first-order valence-electron chi connectivity index (χ1n) is 6.08. The summed E-state index contributed by atoms with van der Waals surface area (Å²) in [6.45, 7) is 1.85. The van der Waals surface area contributed by atoms with Crippen LogP contribution in [0.1, 0.15) is 42.8 Å². The van der Waals surface area contributed by atoms with Crippen LogP contribution in [-0.4, -0.2) is 15.2 Å². The molecule has 1 saturated carbocycles. The maximum atomic E-state index is 4.62. The van der Waals surface area contributed by atoms with Gasteiger partial charge in [0.25, 0.3) is 0 Å². The van der Waals surface area contributed by atoms with Crippen LogP contribution < -0.4 is 5.32 Å². The smallest absolute Gasteiger partial charge is 0.138 e. The van der Waals surface area contributed by atoms with Gasteiger partial charge in [0.15, 0.2) is 0 Å². The average molecular weight is 235 g/mol. The van der Waals surface area contributed by atoms with Crippen molar-refractivity contribution < 1.29 is 0 Å². The molecule has 16 heavy (non-hydrogen) atoms. The summed E-state index contributed by atoms with van der Waals surface area (Å²) in [5.74, 6) is 2.00. The molecule has 1 N–H and O–H groups in total. The highest BCUT2D eigenvalue weighted by molar-refractivity contribution is 7.99. The first-order chi connectivity index (χ1) is 7.92. The van der Waals surface area contributed by atoms with Gasteiger partial charge in [-0.25, -0.2) is 9.97 Å². The van der Waals surface area contributed by atoms with Gasteiger partial charge in [-0.15, -0.1) is 0 Å². The van der Waals surface area contributed by atoms with Crippen LogP contribution in [0.25, 0.3) is 0 Å². The molecule has 2 heterocycles. The minimum Gasteiger partial charge on any atom is -0.307 e. The molecule has 0 radical (unpaired) electrons. The summed E-state index contributed by atoms with van der Waals surface area (Å²) in [6.07, 6.45) is 7.58. The Balaban J connectivity index is 1.61. The van der Waals surface area contributed by atoms with Crippen molar-refractivity contribution in [2.45, 2.75) is 49.8 Å². The van der Waals surface area contributed by atoms with E-state index < -0.39 is 0 Å². The van der Waals surface area contributed by atoms with Crippen LogP contribution >= 0.6 is 11.8 Å². The largest absolute Gasteiger partial charge is 0.307 e. The molecule has 1 aliphatic heterocycles. The molecule has 1 fully saturated rings. The summed E-state index contributed by atoms with van der Waals surface area (Å²) in [4.78, 5) is 9.06. The van der Waals surface area contributed by atoms with E-state index in [0.717, 1.165) is 29.9 Å². The molecule has 0 aromatic carbocycles. The molecule has 0 amide bonds. The van der Waals surface area contributed by atoms with Crippen molar-refractivity contribution in [3.63, 3.8) is 0 Å². The fraction of sp³-hybridized carbons (Fsp3) is 0.667. The van der Waals surface area contributed by atoms with Gasteiger partial charge in [-0.1, -0.05) is 12.8 Å². The maximum absolute atomic E-state index is 4.62. The second kappa shape index (κ2) is 4.72. The minimum absolute atomic E-state index is 0.856. The highest BCUT2D eigenvalue weighted by atomic mass is 32.2. The number of rotatable bonds is 3. The molecule has 1 aromatic heterocycles. The molecule has 1 aromatic rings. The Morgan fingerprint density at radius 2 is 2.19 bits per heavy atom. The van der Waals surface area contributed by atoms with E-state index >= 15 is 0 Å². The van der Waals surface area contributed by atoms with Crippen LogP contribution in [0.3, 0.4) is 0 Å². The second-order valence-electron chi connectivity index (χ2n) is 4.58. The number of hydrogen-bond acceptors (Lipinski definition) is 4. The summed E-state index contributed by atoms with van der Waals surface area (Å²) in [5.41, 5.74) is 2.48. The van der Waals surface area contributed by atoms with E-state index in [9.17, 15) is 0 Å². The molecule has 0 atom stereocenters. The third kappa shape index (κ3) is 2.23. The molecule has 0 unspecified atom stereocenters. The number of fused-ring (bicyclic) bond motifs is 1. The van der Waals surface area contributed by atoms with Gasteiger partial charge in [-0.05, 0) is 12.8 Å². The summed E-state index contributed by atoms with van der Waals surface area (Å²) in [7, 11) is 0. The SMILES string of the molecule is c1nc(CSC2CCCC2)nc2c1CNC2. The fourth-order valence-corrected chi connectivity index (χ4v) is 3.61. The van der Waals surface area contributed by atoms with Gasteiger partial charge in [0, 0.05) is 30.1 Å². The topological polar surface area (TPSA) is 37.8 Å². The maximum Gasteiger partial charge on any atom is 0.138 e. The second-order valence-corrected chi connectivity index (χ2v) is 5.87. The van der Waals surface area contributed by atoms with Crippen molar-refractivity contribution in [2.24, 2.45) is 0 Å².